The van der Waals surface area contributed by atoms with E-state index in [4.69, 9.17) is 5.73 Å². The van der Waals surface area contributed by atoms with Gasteiger partial charge in [0.1, 0.15) is 5.82 Å². The van der Waals surface area contributed by atoms with E-state index in [1.54, 1.807) is 0 Å². The van der Waals surface area contributed by atoms with Crippen LogP contribution in [0.25, 0.3) is 17.0 Å². The number of hydrogen-bond donors (Lipinski definition) is 3. The van der Waals surface area contributed by atoms with Crippen molar-refractivity contribution < 1.29 is 0 Å². The normalized spacial score (nSPS) is 13.6. The minimum absolute atomic E-state index is 0.698. The first-order valence-electron chi connectivity index (χ1n) is 4.85. The average Bonchev–Trinajstić information content (AvgIpc) is 2.48. The number of H-pyrrole nitrogens is 1. The zero-order chi connectivity index (χ0) is 10.3. The zero-order valence-electron chi connectivity index (χ0n) is 8.12. The van der Waals surface area contributed by atoms with Crippen molar-refractivity contribution >= 4 is 28.5 Å². The molecule has 3 heteroatoms. The number of hydrogen-bond acceptors (Lipinski definition) is 2. The molecule has 0 saturated carbocycles. The number of anilines is 2. The average molecular weight is 197 g/mol. The van der Waals surface area contributed by atoms with Crippen LogP contribution in [0, 0.1) is 0 Å². The molecule has 0 spiro atoms. The molecule has 15 heavy (non-hydrogen) atoms. The summed E-state index contributed by atoms with van der Waals surface area (Å²) in [5.74, 6) is 0.698. The summed E-state index contributed by atoms with van der Waals surface area (Å²) in [7, 11) is 0. The molecule has 0 aliphatic carbocycles. The Balaban J connectivity index is 2.37. The van der Waals surface area contributed by atoms with Crippen LogP contribution in [0.5, 0.6) is 0 Å². The van der Waals surface area contributed by atoms with E-state index in [0.29, 0.717) is 5.82 Å². The topological polar surface area (TPSA) is 53.8 Å². The summed E-state index contributed by atoms with van der Waals surface area (Å²) in [6.07, 6.45) is 7.97. The fourth-order valence-electron chi connectivity index (χ4n) is 1.89. The molecule has 2 aromatic rings. The van der Waals surface area contributed by atoms with Crippen LogP contribution in [0.3, 0.4) is 0 Å². The van der Waals surface area contributed by atoms with Crippen LogP contribution in [0.15, 0.2) is 36.6 Å². The summed E-state index contributed by atoms with van der Waals surface area (Å²) in [6, 6.07) is 6.06. The van der Waals surface area contributed by atoms with E-state index in [2.05, 4.69) is 28.5 Å². The van der Waals surface area contributed by atoms with Crippen molar-refractivity contribution in [3.8, 4) is 0 Å². The van der Waals surface area contributed by atoms with Gasteiger partial charge in [0.2, 0.25) is 0 Å². The number of allylic oxidation sites excluding steroid dienone is 2. The number of nitrogens with one attached hydrogen (secondary N) is 2. The van der Waals surface area contributed by atoms with E-state index >= 15 is 0 Å². The van der Waals surface area contributed by atoms with E-state index in [1.807, 2.05) is 24.4 Å². The van der Waals surface area contributed by atoms with Gasteiger partial charge < -0.3 is 16.0 Å². The summed E-state index contributed by atoms with van der Waals surface area (Å²) in [4.78, 5) is 3.17. The van der Waals surface area contributed by atoms with Gasteiger partial charge in [0, 0.05) is 22.8 Å². The Morgan fingerprint density at radius 1 is 1.13 bits per heavy atom. The highest BCUT2D eigenvalue weighted by atomic mass is 14.9. The molecule has 74 valence electrons. The smallest absolute Gasteiger partial charge is 0.101 e. The van der Waals surface area contributed by atoms with Gasteiger partial charge in [-0.1, -0.05) is 18.2 Å². The minimum atomic E-state index is 0.698. The number of nitrogens with two attached hydrogens (primary N) is 1. The van der Waals surface area contributed by atoms with Gasteiger partial charge in [-0.15, -0.1) is 0 Å². The first-order chi connectivity index (χ1) is 7.34. The molecule has 3 rings (SSSR count). The first kappa shape index (κ1) is 8.17. The minimum Gasteiger partial charge on any atom is -0.385 e. The maximum absolute atomic E-state index is 5.75. The van der Waals surface area contributed by atoms with Gasteiger partial charge in [0.15, 0.2) is 0 Å². The number of rotatable bonds is 0. The van der Waals surface area contributed by atoms with Crippen LogP contribution in [-0.2, 0) is 0 Å². The number of fused-ring (bicyclic) bond motifs is 3. The van der Waals surface area contributed by atoms with Gasteiger partial charge in [-0.3, -0.25) is 0 Å². The summed E-state index contributed by atoms with van der Waals surface area (Å²) < 4.78 is 0. The van der Waals surface area contributed by atoms with Gasteiger partial charge in [0.25, 0.3) is 0 Å². The van der Waals surface area contributed by atoms with Crippen molar-refractivity contribution in [1.82, 2.24) is 4.98 Å². The van der Waals surface area contributed by atoms with Gasteiger partial charge in [-0.05, 0) is 18.2 Å². The molecule has 1 aromatic heterocycles. The number of benzene rings is 1. The molecule has 1 aliphatic rings. The number of nitrogen functional groups attached to an aromatic ring is 1. The highest BCUT2D eigenvalue weighted by molar-refractivity contribution is 5.96. The Morgan fingerprint density at radius 2 is 2.07 bits per heavy atom. The SMILES string of the molecule is Nc1cc2ccc3c(c2[nH]1)C=CC=CN3. The Morgan fingerprint density at radius 3 is 3.00 bits per heavy atom. The number of aromatic amines is 1. The van der Waals surface area contributed by atoms with Gasteiger partial charge >= 0.3 is 0 Å². The molecule has 1 aromatic carbocycles. The van der Waals surface area contributed by atoms with Crippen LogP contribution in [0.1, 0.15) is 5.56 Å². The second kappa shape index (κ2) is 2.92. The Bertz CT molecular complexity index is 576. The van der Waals surface area contributed by atoms with E-state index in [9.17, 15) is 0 Å². The summed E-state index contributed by atoms with van der Waals surface area (Å²) in [5, 5.41) is 4.36. The van der Waals surface area contributed by atoms with Gasteiger partial charge in [0.05, 0.1) is 5.52 Å². The largest absolute Gasteiger partial charge is 0.385 e. The molecule has 0 saturated heterocycles. The molecular weight excluding hydrogens is 186 g/mol. The first-order valence-corrected chi connectivity index (χ1v) is 4.85. The molecular formula is C12H11N3. The molecule has 4 N–H and O–H groups in total. The van der Waals surface area contributed by atoms with E-state index in [1.165, 1.54) is 0 Å². The van der Waals surface area contributed by atoms with E-state index in [-0.39, 0.29) is 0 Å². The van der Waals surface area contributed by atoms with E-state index < -0.39 is 0 Å². The summed E-state index contributed by atoms with van der Waals surface area (Å²) >= 11 is 0. The predicted molar refractivity (Wildman–Crippen MR) is 64.5 cm³/mol. The molecule has 0 bridgehead atoms. The van der Waals surface area contributed by atoms with Crippen molar-refractivity contribution in [3.05, 3.63) is 42.1 Å². The van der Waals surface area contributed by atoms with Crippen LogP contribution >= 0.6 is 0 Å². The maximum atomic E-state index is 5.75. The third-order valence-electron chi connectivity index (χ3n) is 2.57. The van der Waals surface area contributed by atoms with Crippen LogP contribution in [-0.4, -0.2) is 4.98 Å². The monoisotopic (exact) mass is 197 g/mol. The van der Waals surface area contributed by atoms with Crippen LogP contribution in [0.4, 0.5) is 11.5 Å². The zero-order valence-corrected chi connectivity index (χ0v) is 8.12. The quantitative estimate of drug-likeness (QED) is 0.608. The highest BCUT2D eigenvalue weighted by Gasteiger charge is 2.07. The fraction of sp³-hybridized carbons (Fsp3) is 0. The predicted octanol–water partition coefficient (Wildman–Crippen LogP) is 2.70. The van der Waals surface area contributed by atoms with Crippen LogP contribution in [0.2, 0.25) is 0 Å². The standard InChI is InChI=1S/C12H11N3/c13-11-7-8-4-5-10-9(12(8)15-11)3-1-2-6-14-10/h1-7,14-15H,13H2. The fourth-order valence-corrected chi connectivity index (χ4v) is 1.89. The number of aromatic nitrogens is 1. The second-order valence-electron chi connectivity index (χ2n) is 3.58. The third-order valence-corrected chi connectivity index (χ3v) is 2.57. The molecule has 0 fully saturated rings. The Hall–Kier alpha value is -2.16. The van der Waals surface area contributed by atoms with Crippen molar-refractivity contribution in [2.45, 2.75) is 0 Å². The van der Waals surface area contributed by atoms with Gasteiger partial charge in [-0.2, -0.15) is 0 Å². The van der Waals surface area contributed by atoms with Crippen molar-refractivity contribution in [2.75, 3.05) is 11.1 Å². The Kier molecular flexibility index (Phi) is 1.59. The van der Waals surface area contributed by atoms with Gasteiger partial charge in [-0.25, -0.2) is 0 Å². The summed E-state index contributed by atoms with van der Waals surface area (Å²) in [6.45, 7) is 0. The summed E-state index contributed by atoms with van der Waals surface area (Å²) in [5.41, 5.74) is 9.07. The lowest BCUT2D eigenvalue weighted by molar-refractivity contribution is 1.46. The Labute approximate surface area is 87.3 Å². The molecule has 0 radical (unpaired) electrons. The van der Waals surface area contributed by atoms with Crippen molar-refractivity contribution in [2.24, 2.45) is 0 Å². The molecule has 3 nitrogen and oxygen atoms in total. The lowest BCUT2D eigenvalue weighted by Gasteiger charge is -2.05. The molecule has 1 aliphatic heterocycles. The molecule has 0 amide bonds. The van der Waals surface area contributed by atoms with E-state index in [0.717, 1.165) is 22.2 Å². The second-order valence-corrected chi connectivity index (χ2v) is 3.58. The molecule has 0 unspecified atom stereocenters. The lowest BCUT2D eigenvalue weighted by atomic mass is 10.1. The van der Waals surface area contributed by atoms with Crippen molar-refractivity contribution in [3.63, 3.8) is 0 Å². The highest BCUT2D eigenvalue weighted by Crippen LogP contribution is 2.29. The molecule has 0 atom stereocenters. The lowest BCUT2D eigenvalue weighted by Crippen LogP contribution is -1.90. The third kappa shape index (κ3) is 1.21. The maximum Gasteiger partial charge on any atom is 0.101 e. The van der Waals surface area contributed by atoms with Crippen molar-refractivity contribution in [1.29, 1.82) is 0 Å². The molecule has 2 heterocycles. The van der Waals surface area contributed by atoms with Crippen LogP contribution < -0.4 is 11.1 Å².